The molecule has 0 heterocycles. The number of hydrogen-bond donors (Lipinski definition) is 2. The zero-order valence-electron chi connectivity index (χ0n) is 11.5. The summed E-state index contributed by atoms with van der Waals surface area (Å²) >= 11 is 3.42. The third-order valence-electron chi connectivity index (χ3n) is 3.38. The highest BCUT2D eigenvalue weighted by Crippen LogP contribution is 2.25. The molecule has 0 spiro atoms. The molecule has 0 aliphatic rings. The number of benzene rings is 2. The molecule has 0 aliphatic heterocycles. The van der Waals surface area contributed by atoms with Gasteiger partial charge in [-0.05, 0) is 48.7 Å². The molecule has 3 nitrogen and oxygen atoms in total. The number of primary amides is 1. The average Bonchev–Trinajstić information content (AvgIpc) is 2.39. The van der Waals surface area contributed by atoms with Crippen molar-refractivity contribution >= 4 is 27.5 Å². The van der Waals surface area contributed by atoms with Crippen molar-refractivity contribution in [2.75, 3.05) is 5.32 Å². The molecule has 0 bridgehead atoms. The van der Waals surface area contributed by atoms with Gasteiger partial charge in [0.2, 0.25) is 5.91 Å². The van der Waals surface area contributed by atoms with E-state index in [9.17, 15) is 4.79 Å². The largest absolute Gasteiger partial charge is 0.370 e. The first kappa shape index (κ1) is 14.6. The van der Waals surface area contributed by atoms with Crippen LogP contribution in [0.15, 0.2) is 46.9 Å². The molecular formula is C16H17BrN2O. The Labute approximate surface area is 127 Å². The van der Waals surface area contributed by atoms with Crippen LogP contribution in [0.5, 0.6) is 0 Å². The summed E-state index contributed by atoms with van der Waals surface area (Å²) in [5, 5.41) is 3.20. The molecule has 1 atom stereocenters. The third kappa shape index (κ3) is 3.20. The predicted molar refractivity (Wildman–Crippen MR) is 85.6 cm³/mol. The average molecular weight is 333 g/mol. The van der Waals surface area contributed by atoms with Gasteiger partial charge < -0.3 is 11.1 Å². The number of hydrogen-bond acceptors (Lipinski definition) is 2. The maximum atomic E-state index is 11.8. The first-order valence-corrected chi connectivity index (χ1v) is 7.16. The van der Waals surface area contributed by atoms with Gasteiger partial charge in [-0.1, -0.05) is 40.2 Å². The standard InChI is InChI=1S/C16H17BrN2O/c1-10-5-3-8-14(11(10)2)15(16(18)20)19-13-7-4-6-12(17)9-13/h3-9,15,19H,1-2H3,(H2,18,20). The second-order valence-corrected chi connectivity index (χ2v) is 5.69. The first-order valence-electron chi connectivity index (χ1n) is 6.36. The Morgan fingerprint density at radius 2 is 1.90 bits per heavy atom. The van der Waals surface area contributed by atoms with E-state index in [4.69, 9.17) is 5.73 Å². The maximum absolute atomic E-state index is 11.8. The SMILES string of the molecule is Cc1cccc(C(Nc2cccc(Br)c2)C(N)=O)c1C. The zero-order valence-corrected chi connectivity index (χ0v) is 13.1. The van der Waals surface area contributed by atoms with Gasteiger partial charge in [0.15, 0.2) is 0 Å². The van der Waals surface area contributed by atoms with E-state index in [0.717, 1.165) is 26.9 Å². The van der Waals surface area contributed by atoms with Crippen LogP contribution in [0.2, 0.25) is 0 Å². The number of anilines is 1. The van der Waals surface area contributed by atoms with Gasteiger partial charge in [0, 0.05) is 10.2 Å². The molecule has 0 aliphatic carbocycles. The highest BCUT2D eigenvalue weighted by Gasteiger charge is 2.20. The predicted octanol–water partition coefficient (Wildman–Crippen LogP) is 3.70. The molecule has 4 heteroatoms. The van der Waals surface area contributed by atoms with Gasteiger partial charge in [-0.15, -0.1) is 0 Å². The molecule has 0 aromatic heterocycles. The second-order valence-electron chi connectivity index (χ2n) is 4.78. The van der Waals surface area contributed by atoms with E-state index in [0.29, 0.717) is 0 Å². The number of carbonyl (C=O) groups is 1. The molecule has 0 saturated heterocycles. The lowest BCUT2D eigenvalue weighted by atomic mass is 9.97. The molecular weight excluding hydrogens is 316 g/mol. The van der Waals surface area contributed by atoms with Crippen LogP contribution in [0.3, 0.4) is 0 Å². The summed E-state index contributed by atoms with van der Waals surface area (Å²) in [6.45, 7) is 4.03. The second kappa shape index (κ2) is 6.09. The van der Waals surface area contributed by atoms with Gasteiger partial charge >= 0.3 is 0 Å². The smallest absolute Gasteiger partial charge is 0.244 e. The molecule has 104 valence electrons. The Balaban J connectivity index is 2.37. The number of carbonyl (C=O) groups excluding carboxylic acids is 1. The van der Waals surface area contributed by atoms with Gasteiger partial charge in [-0.25, -0.2) is 0 Å². The Kier molecular flexibility index (Phi) is 4.45. The van der Waals surface area contributed by atoms with Crippen LogP contribution in [0, 0.1) is 13.8 Å². The van der Waals surface area contributed by atoms with Crippen molar-refractivity contribution in [1.82, 2.24) is 0 Å². The van der Waals surface area contributed by atoms with E-state index in [1.165, 1.54) is 0 Å². The number of amides is 1. The summed E-state index contributed by atoms with van der Waals surface area (Å²) < 4.78 is 0.951. The molecule has 1 amide bonds. The Bertz CT molecular complexity index is 640. The minimum Gasteiger partial charge on any atom is -0.370 e. The molecule has 2 aromatic carbocycles. The molecule has 1 unspecified atom stereocenters. The molecule has 0 saturated carbocycles. The van der Waals surface area contributed by atoms with Crippen LogP contribution in [0.25, 0.3) is 0 Å². The van der Waals surface area contributed by atoms with Gasteiger partial charge in [-0.2, -0.15) is 0 Å². The van der Waals surface area contributed by atoms with Crippen molar-refractivity contribution in [3.8, 4) is 0 Å². The molecule has 0 radical (unpaired) electrons. The van der Waals surface area contributed by atoms with Crippen molar-refractivity contribution in [3.63, 3.8) is 0 Å². The van der Waals surface area contributed by atoms with Crippen LogP contribution in [0.1, 0.15) is 22.7 Å². The summed E-state index contributed by atoms with van der Waals surface area (Å²) in [4.78, 5) is 11.8. The molecule has 2 aromatic rings. The van der Waals surface area contributed by atoms with Crippen LogP contribution < -0.4 is 11.1 Å². The van der Waals surface area contributed by atoms with Crippen LogP contribution >= 0.6 is 15.9 Å². The fourth-order valence-electron chi connectivity index (χ4n) is 2.13. The summed E-state index contributed by atoms with van der Waals surface area (Å²) in [7, 11) is 0. The Morgan fingerprint density at radius 1 is 1.20 bits per heavy atom. The Morgan fingerprint density at radius 3 is 2.55 bits per heavy atom. The lowest BCUT2D eigenvalue weighted by molar-refractivity contribution is -0.118. The van der Waals surface area contributed by atoms with E-state index in [1.54, 1.807) is 0 Å². The van der Waals surface area contributed by atoms with Gasteiger partial charge in [0.05, 0.1) is 0 Å². The van der Waals surface area contributed by atoms with E-state index in [2.05, 4.69) is 21.2 Å². The van der Waals surface area contributed by atoms with Crippen LogP contribution in [-0.2, 0) is 4.79 Å². The molecule has 20 heavy (non-hydrogen) atoms. The molecule has 3 N–H and O–H groups in total. The fourth-order valence-corrected chi connectivity index (χ4v) is 2.53. The summed E-state index contributed by atoms with van der Waals surface area (Å²) in [5.41, 5.74) is 9.55. The fraction of sp³-hybridized carbons (Fsp3) is 0.188. The summed E-state index contributed by atoms with van der Waals surface area (Å²) in [5.74, 6) is -0.390. The monoisotopic (exact) mass is 332 g/mol. The normalized spacial score (nSPS) is 11.9. The van der Waals surface area contributed by atoms with Crippen LogP contribution in [-0.4, -0.2) is 5.91 Å². The lowest BCUT2D eigenvalue weighted by Gasteiger charge is -2.20. The van der Waals surface area contributed by atoms with Crippen molar-refractivity contribution < 1.29 is 4.79 Å². The minimum absolute atomic E-state index is 0.390. The number of nitrogens with two attached hydrogens (primary N) is 1. The number of halogens is 1. The van der Waals surface area contributed by atoms with Crippen LogP contribution in [0.4, 0.5) is 5.69 Å². The number of aryl methyl sites for hydroxylation is 1. The van der Waals surface area contributed by atoms with Gasteiger partial charge in [0.25, 0.3) is 0 Å². The van der Waals surface area contributed by atoms with E-state index >= 15 is 0 Å². The minimum atomic E-state index is -0.538. The first-order chi connectivity index (χ1) is 9.49. The zero-order chi connectivity index (χ0) is 14.7. The van der Waals surface area contributed by atoms with Crippen molar-refractivity contribution in [2.24, 2.45) is 5.73 Å². The number of nitrogens with one attached hydrogen (secondary N) is 1. The summed E-state index contributed by atoms with van der Waals surface area (Å²) in [6.07, 6.45) is 0. The van der Waals surface area contributed by atoms with Crippen molar-refractivity contribution in [2.45, 2.75) is 19.9 Å². The highest BCUT2D eigenvalue weighted by atomic mass is 79.9. The van der Waals surface area contributed by atoms with Crippen molar-refractivity contribution in [1.29, 1.82) is 0 Å². The molecule has 0 fully saturated rings. The van der Waals surface area contributed by atoms with E-state index in [-0.39, 0.29) is 0 Å². The van der Waals surface area contributed by atoms with Gasteiger partial charge in [0.1, 0.15) is 6.04 Å². The van der Waals surface area contributed by atoms with E-state index < -0.39 is 11.9 Å². The highest BCUT2D eigenvalue weighted by molar-refractivity contribution is 9.10. The van der Waals surface area contributed by atoms with Crippen molar-refractivity contribution in [3.05, 3.63) is 63.6 Å². The number of rotatable bonds is 4. The topological polar surface area (TPSA) is 55.1 Å². The maximum Gasteiger partial charge on any atom is 0.244 e. The Hall–Kier alpha value is -1.81. The lowest BCUT2D eigenvalue weighted by Crippen LogP contribution is -2.28. The van der Waals surface area contributed by atoms with Gasteiger partial charge in [-0.3, -0.25) is 4.79 Å². The third-order valence-corrected chi connectivity index (χ3v) is 3.87. The summed E-state index contributed by atoms with van der Waals surface area (Å²) in [6, 6.07) is 13.0. The quantitative estimate of drug-likeness (QED) is 0.896. The van der Waals surface area contributed by atoms with E-state index in [1.807, 2.05) is 56.3 Å². The molecule has 2 rings (SSSR count).